The summed E-state index contributed by atoms with van der Waals surface area (Å²) >= 11 is 7.82. The molecule has 0 saturated heterocycles. The molecule has 0 radical (unpaired) electrons. The number of nitrogens with one attached hydrogen (secondary N) is 2. The molecule has 4 N–H and O–H groups in total. The van der Waals surface area contributed by atoms with Crippen LogP contribution in [-0.2, 0) is 0 Å². The lowest BCUT2D eigenvalue weighted by molar-refractivity contribution is -0.0187. The minimum absolute atomic E-state index is 0.163. The highest BCUT2D eigenvalue weighted by molar-refractivity contribution is 7.18. The molecule has 154 valence electrons. The molecule has 0 bridgehead atoms. The van der Waals surface area contributed by atoms with Crippen LogP contribution in [0.15, 0.2) is 36.5 Å². The quantitative estimate of drug-likeness (QED) is 0.560. The Morgan fingerprint density at radius 1 is 1.17 bits per heavy atom. The topological polar surface area (TPSA) is 110 Å². The van der Waals surface area contributed by atoms with E-state index in [1.54, 1.807) is 17.4 Å². The number of benzene rings is 1. The van der Waals surface area contributed by atoms with Gasteiger partial charge in [-0.1, -0.05) is 11.6 Å². The fourth-order valence-electron chi connectivity index (χ4n) is 4.71. The van der Waals surface area contributed by atoms with Gasteiger partial charge in [-0.25, -0.2) is 14.8 Å². The molecular formula is C21H20ClN5O2S. The Morgan fingerprint density at radius 2 is 1.97 bits per heavy atom. The van der Waals surface area contributed by atoms with E-state index >= 15 is 0 Å². The molecule has 2 saturated carbocycles. The third-order valence-electron chi connectivity index (χ3n) is 6.04. The highest BCUT2D eigenvalue weighted by atomic mass is 35.5. The van der Waals surface area contributed by atoms with Crippen LogP contribution in [0.25, 0.3) is 10.2 Å². The maximum atomic E-state index is 12.5. The predicted octanol–water partition coefficient (Wildman–Crippen LogP) is 4.29. The highest BCUT2D eigenvalue weighted by Gasteiger charge is 2.54. The number of carbonyl (C=O) groups is 2. The van der Waals surface area contributed by atoms with Crippen molar-refractivity contribution in [3.05, 3.63) is 52.1 Å². The number of pyridine rings is 1. The van der Waals surface area contributed by atoms with E-state index in [1.165, 1.54) is 22.0 Å². The number of primary amides is 1. The minimum atomic E-state index is -0.711. The summed E-state index contributed by atoms with van der Waals surface area (Å²) in [7, 11) is 0. The van der Waals surface area contributed by atoms with Gasteiger partial charge in [-0.3, -0.25) is 10.1 Å². The van der Waals surface area contributed by atoms with Crippen LogP contribution in [0, 0.1) is 5.41 Å². The van der Waals surface area contributed by atoms with Crippen LogP contribution in [-0.4, -0.2) is 27.9 Å². The highest BCUT2D eigenvalue weighted by Crippen LogP contribution is 2.62. The minimum Gasteiger partial charge on any atom is -0.351 e. The van der Waals surface area contributed by atoms with Crippen molar-refractivity contribution >= 4 is 50.9 Å². The van der Waals surface area contributed by atoms with Gasteiger partial charge in [-0.15, -0.1) is 11.3 Å². The van der Waals surface area contributed by atoms with Crippen molar-refractivity contribution in [3.63, 3.8) is 0 Å². The van der Waals surface area contributed by atoms with Crippen molar-refractivity contribution in [1.29, 1.82) is 0 Å². The van der Waals surface area contributed by atoms with Gasteiger partial charge in [0.25, 0.3) is 5.91 Å². The van der Waals surface area contributed by atoms with Crippen molar-refractivity contribution in [2.75, 3.05) is 5.32 Å². The zero-order valence-corrected chi connectivity index (χ0v) is 17.6. The summed E-state index contributed by atoms with van der Waals surface area (Å²) < 4.78 is 1.18. The Bertz CT molecular complexity index is 1150. The molecule has 2 aliphatic rings. The van der Waals surface area contributed by atoms with Crippen molar-refractivity contribution in [1.82, 2.24) is 15.3 Å². The molecule has 3 amide bonds. The Morgan fingerprint density at radius 3 is 2.73 bits per heavy atom. The predicted molar refractivity (Wildman–Crippen MR) is 117 cm³/mol. The van der Waals surface area contributed by atoms with Gasteiger partial charge in [0.15, 0.2) is 0 Å². The van der Waals surface area contributed by atoms with Crippen LogP contribution in [0.5, 0.6) is 0 Å². The standard InChI is InChI=1S/C21H20ClN5O2S/c22-13-1-2-16-15(6-13)26-19(30-16)12-7-21(8-12)9-14(10-21)25-18(28)11-3-4-24-17(5-11)27-20(23)29/h1-6,12,14H,7-10H2,(H,25,28)(H3,23,24,27,29). The number of aromatic nitrogens is 2. The Labute approximate surface area is 182 Å². The molecule has 0 aliphatic heterocycles. The first-order chi connectivity index (χ1) is 14.4. The van der Waals surface area contributed by atoms with E-state index < -0.39 is 6.03 Å². The Hall–Kier alpha value is -2.71. The maximum Gasteiger partial charge on any atom is 0.317 e. The van der Waals surface area contributed by atoms with E-state index in [-0.39, 0.29) is 17.8 Å². The number of urea groups is 1. The molecular weight excluding hydrogens is 422 g/mol. The third kappa shape index (κ3) is 3.61. The van der Waals surface area contributed by atoms with Gasteiger partial charge in [-0.2, -0.15) is 0 Å². The molecule has 1 spiro atoms. The fraction of sp³-hybridized carbons (Fsp3) is 0.333. The second-order valence-corrected chi connectivity index (χ2v) is 9.77. The average molecular weight is 442 g/mol. The number of nitrogens with two attached hydrogens (primary N) is 1. The first-order valence-electron chi connectivity index (χ1n) is 9.79. The molecule has 2 aliphatic carbocycles. The van der Waals surface area contributed by atoms with Crippen LogP contribution in [0.3, 0.4) is 0 Å². The Balaban J connectivity index is 1.15. The lowest BCUT2D eigenvalue weighted by Crippen LogP contribution is -2.55. The van der Waals surface area contributed by atoms with Gasteiger partial charge < -0.3 is 11.1 Å². The molecule has 7 nitrogen and oxygen atoms in total. The van der Waals surface area contributed by atoms with Crippen LogP contribution in [0.4, 0.5) is 10.6 Å². The van der Waals surface area contributed by atoms with E-state index in [1.807, 2.05) is 18.2 Å². The molecule has 2 fully saturated rings. The van der Waals surface area contributed by atoms with E-state index in [2.05, 4.69) is 15.6 Å². The maximum absolute atomic E-state index is 12.5. The number of amides is 3. The SMILES string of the molecule is NC(=O)Nc1cc(C(=O)NC2CC3(C2)CC(c2nc4cc(Cl)ccc4s2)C3)ccn1. The van der Waals surface area contributed by atoms with Gasteiger partial charge in [-0.05, 0) is 61.4 Å². The number of hydrogen-bond acceptors (Lipinski definition) is 5. The summed E-state index contributed by atoms with van der Waals surface area (Å²) in [5.41, 5.74) is 6.85. The molecule has 9 heteroatoms. The smallest absolute Gasteiger partial charge is 0.317 e. The number of halogens is 1. The molecule has 3 aromatic rings. The summed E-state index contributed by atoms with van der Waals surface area (Å²) in [6.07, 6.45) is 5.70. The van der Waals surface area contributed by atoms with Gasteiger partial charge in [0.05, 0.1) is 15.2 Å². The first kappa shape index (κ1) is 19.3. The number of rotatable bonds is 4. The van der Waals surface area contributed by atoms with Crippen molar-refractivity contribution in [2.24, 2.45) is 11.1 Å². The molecule has 30 heavy (non-hydrogen) atoms. The van der Waals surface area contributed by atoms with Crippen molar-refractivity contribution in [3.8, 4) is 0 Å². The number of thiazole rings is 1. The number of fused-ring (bicyclic) bond motifs is 1. The summed E-state index contributed by atoms with van der Waals surface area (Å²) in [5.74, 6) is 0.600. The van der Waals surface area contributed by atoms with Gasteiger partial charge >= 0.3 is 6.03 Å². The van der Waals surface area contributed by atoms with Gasteiger partial charge in [0.2, 0.25) is 0 Å². The third-order valence-corrected chi connectivity index (χ3v) is 7.48. The first-order valence-corrected chi connectivity index (χ1v) is 11.0. The second-order valence-electron chi connectivity index (χ2n) is 8.27. The molecule has 2 heterocycles. The van der Waals surface area contributed by atoms with Gasteiger partial charge in [0.1, 0.15) is 5.82 Å². The molecule has 0 atom stereocenters. The number of hydrogen-bond donors (Lipinski definition) is 3. The zero-order chi connectivity index (χ0) is 20.9. The summed E-state index contributed by atoms with van der Waals surface area (Å²) in [4.78, 5) is 32.2. The normalized spacial score (nSPS) is 24.8. The van der Waals surface area contributed by atoms with Crippen LogP contribution < -0.4 is 16.4 Å². The van der Waals surface area contributed by atoms with Crippen molar-refractivity contribution < 1.29 is 9.59 Å². The Kier molecular flexibility index (Phi) is 4.63. The zero-order valence-electron chi connectivity index (χ0n) is 16.0. The molecule has 5 rings (SSSR count). The van der Waals surface area contributed by atoms with E-state index in [4.69, 9.17) is 22.3 Å². The van der Waals surface area contributed by atoms with E-state index in [0.29, 0.717) is 21.9 Å². The monoisotopic (exact) mass is 441 g/mol. The summed E-state index contributed by atoms with van der Waals surface area (Å²) in [6, 6.07) is 8.46. The summed E-state index contributed by atoms with van der Waals surface area (Å²) in [6.45, 7) is 0. The van der Waals surface area contributed by atoms with E-state index in [0.717, 1.165) is 31.2 Å². The van der Waals surface area contributed by atoms with Crippen molar-refractivity contribution in [2.45, 2.75) is 37.6 Å². The van der Waals surface area contributed by atoms with Gasteiger partial charge in [0, 0.05) is 28.7 Å². The van der Waals surface area contributed by atoms with E-state index in [9.17, 15) is 9.59 Å². The average Bonchev–Trinajstić information content (AvgIpc) is 3.04. The van der Waals surface area contributed by atoms with Crippen LogP contribution >= 0.6 is 22.9 Å². The lowest BCUT2D eigenvalue weighted by Gasteiger charge is -2.57. The van der Waals surface area contributed by atoms with Crippen LogP contribution in [0.1, 0.15) is 47.0 Å². The molecule has 0 unspecified atom stereocenters. The van der Waals surface area contributed by atoms with Crippen LogP contribution in [0.2, 0.25) is 5.02 Å². The number of nitrogens with zero attached hydrogens (tertiary/aromatic N) is 2. The summed E-state index contributed by atoms with van der Waals surface area (Å²) in [5, 5.41) is 7.37. The largest absolute Gasteiger partial charge is 0.351 e. The lowest BCUT2D eigenvalue weighted by atomic mass is 9.50. The molecule has 1 aromatic carbocycles. The second kappa shape index (κ2) is 7.21. The number of anilines is 1. The fourth-order valence-corrected chi connectivity index (χ4v) is 5.92. The molecule has 2 aromatic heterocycles. The number of carbonyl (C=O) groups excluding carboxylic acids is 2.